The number of nitrogens with one attached hydrogen (secondary N) is 1. The molecule has 0 aliphatic heterocycles. The third-order valence-electron chi connectivity index (χ3n) is 2.06. The number of hydrogen-bond donors (Lipinski definition) is 1. The minimum Gasteiger partial charge on any atom is -0.353 e. The maximum absolute atomic E-state index is 13.1. The van der Waals surface area contributed by atoms with Crippen molar-refractivity contribution in [2.75, 3.05) is 5.32 Å². The van der Waals surface area contributed by atoms with Crippen LogP contribution in [0, 0.1) is 17.1 Å². The summed E-state index contributed by atoms with van der Waals surface area (Å²) in [5, 5.41) is 12.0. The molecule has 3 nitrogen and oxygen atoms in total. The van der Waals surface area contributed by atoms with Gasteiger partial charge in [-0.05, 0) is 30.3 Å². The van der Waals surface area contributed by atoms with Crippen LogP contribution in [0.3, 0.4) is 0 Å². The van der Waals surface area contributed by atoms with Gasteiger partial charge in [-0.1, -0.05) is 11.6 Å². The molecule has 0 atom stereocenters. The number of nitriles is 1. The van der Waals surface area contributed by atoms with Crippen LogP contribution in [-0.4, -0.2) is 4.98 Å². The molecule has 0 saturated heterocycles. The molecule has 2 rings (SSSR count). The standard InChI is InChI=1S/C12H7ClFN3/c13-8-4-9(14)6-10(5-8)17-11-2-1-3-16-12(11)7-15/h1-6,17H. The fourth-order valence-corrected chi connectivity index (χ4v) is 1.60. The van der Waals surface area contributed by atoms with Crippen molar-refractivity contribution in [1.82, 2.24) is 4.98 Å². The first-order valence-electron chi connectivity index (χ1n) is 4.77. The maximum atomic E-state index is 13.1. The van der Waals surface area contributed by atoms with E-state index >= 15 is 0 Å². The minimum atomic E-state index is -0.442. The van der Waals surface area contributed by atoms with E-state index in [9.17, 15) is 4.39 Å². The average molecular weight is 248 g/mol. The number of rotatable bonds is 2. The molecule has 2 aromatic rings. The van der Waals surface area contributed by atoms with Crippen LogP contribution in [-0.2, 0) is 0 Å². The van der Waals surface area contributed by atoms with Crippen molar-refractivity contribution in [1.29, 1.82) is 5.26 Å². The second kappa shape index (κ2) is 4.81. The average Bonchev–Trinajstić information content (AvgIpc) is 2.28. The minimum absolute atomic E-state index is 0.243. The van der Waals surface area contributed by atoms with Crippen LogP contribution in [0.5, 0.6) is 0 Å². The Balaban J connectivity index is 2.35. The molecule has 0 unspecified atom stereocenters. The van der Waals surface area contributed by atoms with E-state index in [4.69, 9.17) is 16.9 Å². The lowest BCUT2D eigenvalue weighted by atomic mass is 10.2. The van der Waals surface area contributed by atoms with Crippen LogP contribution < -0.4 is 5.32 Å². The van der Waals surface area contributed by atoms with Crippen LogP contribution in [0.2, 0.25) is 5.02 Å². The number of pyridine rings is 1. The van der Waals surface area contributed by atoms with E-state index in [1.54, 1.807) is 18.2 Å². The van der Waals surface area contributed by atoms with E-state index in [0.717, 1.165) is 0 Å². The van der Waals surface area contributed by atoms with Crippen LogP contribution in [0.4, 0.5) is 15.8 Å². The van der Waals surface area contributed by atoms with Gasteiger partial charge in [0.2, 0.25) is 0 Å². The number of aromatic nitrogens is 1. The first-order chi connectivity index (χ1) is 8.19. The highest BCUT2D eigenvalue weighted by atomic mass is 35.5. The summed E-state index contributed by atoms with van der Waals surface area (Å²) in [5.41, 5.74) is 1.23. The Bertz CT molecular complexity index is 572. The summed E-state index contributed by atoms with van der Waals surface area (Å²) in [6.45, 7) is 0. The summed E-state index contributed by atoms with van der Waals surface area (Å²) in [5.74, 6) is -0.442. The smallest absolute Gasteiger partial charge is 0.163 e. The Morgan fingerprint density at radius 1 is 1.35 bits per heavy atom. The number of halogens is 2. The van der Waals surface area contributed by atoms with Gasteiger partial charge in [-0.2, -0.15) is 5.26 Å². The molecule has 5 heteroatoms. The zero-order chi connectivity index (χ0) is 12.3. The molecule has 0 spiro atoms. The van der Waals surface area contributed by atoms with Crippen molar-refractivity contribution in [2.24, 2.45) is 0 Å². The summed E-state index contributed by atoms with van der Waals surface area (Å²) in [4.78, 5) is 3.89. The number of benzene rings is 1. The molecule has 1 N–H and O–H groups in total. The lowest BCUT2D eigenvalue weighted by molar-refractivity contribution is 0.628. The van der Waals surface area contributed by atoms with Gasteiger partial charge < -0.3 is 5.32 Å². The van der Waals surface area contributed by atoms with E-state index < -0.39 is 5.82 Å². The van der Waals surface area contributed by atoms with Gasteiger partial charge in [-0.3, -0.25) is 0 Å². The molecule has 1 heterocycles. The van der Waals surface area contributed by atoms with Crippen molar-refractivity contribution in [3.8, 4) is 6.07 Å². The van der Waals surface area contributed by atoms with Crippen molar-refractivity contribution in [3.63, 3.8) is 0 Å². The highest BCUT2D eigenvalue weighted by Crippen LogP contribution is 2.23. The summed E-state index contributed by atoms with van der Waals surface area (Å²) < 4.78 is 13.1. The summed E-state index contributed by atoms with van der Waals surface area (Å²) >= 11 is 5.73. The SMILES string of the molecule is N#Cc1ncccc1Nc1cc(F)cc(Cl)c1. The molecule has 0 amide bonds. The molecule has 0 aliphatic carbocycles. The van der Waals surface area contributed by atoms with E-state index in [1.807, 2.05) is 6.07 Å². The molecule has 0 radical (unpaired) electrons. The summed E-state index contributed by atoms with van der Waals surface area (Å²) in [6, 6.07) is 9.38. The van der Waals surface area contributed by atoms with Gasteiger partial charge in [-0.15, -0.1) is 0 Å². The molecule has 0 bridgehead atoms. The van der Waals surface area contributed by atoms with Gasteiger partial charge in [-0.25, -0.2) is 9.37 Å². The normalized spacial score (nSPS) is 9.71. The first-order valence-corrected chi connectivity index (χ1v) is 5.15. The fraction of sp³-hybridized carbons (Fsp3) is 0. The highest BCUT2D eigenvalue weighted by Gasteiger charge is 2.04. The maximum Gasteiger partial charge on any atom is 0.163 e. The fourth-order valence-electron chi connectivity index (χ4n) is 1.38. The van der Waals surface area contributed by atoms with Crippen molar-refractivity contribution in [2.45, 2.75) is 0 Å². The molecule has 1 aromatic heterocycles. The Hall–Kier alpha value is -2.12. The van der Waals surface area contributed by atoms with Gasteiger partial charge in [0.05, 0.1) is 5.69 Å². The van der Waals surface area contributed by atoms with E-state index in [2.05, 4.69) is 10.3 Å². The molecule has 0 aliphatic rings. The monoisotopic (exact) mass is 247 g/mol. The summed E-state index contributed by atoms with van der Waals surface area (Å²) in [6.07, 6.45) is 1.52. The third-order valence-corrected chi connectivity index (χ3v) is 2.27. The number of nitrogens with zero attached hydrogens (tertiary/aromatic N) is 2. The Morgan fingerprint density at radius 2 is 2.18 bits per heavy atom. The van der Waals surface area contributed by atoms with E-state index in [0.29, 0.717) is 11.4 Å². The van der Waals surface area contributed by atoms with E-state index in [-0.39, 0.29) is 10.7 Å². The van der Waals surface area contributed by atoms with Crippen LogP contribution in [0.25, 0.3) is 0 Å². The molecule has 17 heavy (non-hydrogen) atoms. The topological polar surface area (TPSA) is 48.7 Å². The van der Waals surface area contributed by atoms with Crippen LogP contribution in [0.1, 0.15) is 5.69 Å². The largest absolute Gasteiger partial charge is 0.353 e. The predicted molar refractivity (Wildman–Crippen MR) is 63.6 cm³/mol. The predicted octanol–water partition coefficient (Wildman–Crippen LogP) is 3.49. The second-order valence-electron chi connectivity index (χ2n) is 3.29. The van der Waals surface area contributed by atoms with Crippen LogP contribution >= 0.6 is 11.6 Å². The Labute approximate surface area is 102 Å². The zero-order valence-electron chi connectivity index (χ0n) is 8.61. The van der Waals surface area contributed by atoms with Gasteiger partial charge in [0.25, 0.3) is 0 Å². The number of hydrogen-bond acceptors (Lipinski definition) is 3. The van der Waals surface area contributed by atoms with Gasteiger partial charge in [0.1, 0.15) is 11.9 Å². The Morgan fingerprint density at radius 3 is 2.88 bits per heavy atom. The molecule has 1 aromatic carbocycles. The second-order valence-corrected chi connectivity index (χ2v) is 3.73. The van der Waals surface area contributed by atoms with E-state index in [1.165, 1.54) is 18.3 Å². The first kappa shape index (κ1) is 11.4. The summed E-state index contributed by atoms with van der Waals surface area (Å²) in [7, 11) is 0. The third kappa shape index (κ3) is 2.71. The number of anilines is 2. The van der Waals surface area contributed by atoms with Crippen LogP contribution in [0.15, 0.2) is 36.5 Å². The van der Waals surface area contributed by atoms with Crippen molar-refractivity contribution < 1.29 is 4.39 Å². The lowest BCUT2D eigenvalue weighted by Gasteiger charge is -2.07. The zero-order valence-corrected chi connectivity index (χ0v) is 9.37. The van der Waals surface area contributed by atoms with Gasteiger partial charge >= 0.3 is 0 Å². The van der Waals surface area contributed by atoms with Crippen molar-refractivity contribution in [3.05, 3.63) is 53.1 Å². The molecule has 0 saturated carbocycles. The molecular formula is C12H7ClFN3. The lowest BCUT2D eigenvalue weighted by Crippen LogP contribution is -1.95. The van der Waals surface area contributed by atoms with Crippen molar-refractivity contribution >= 4 is 23.0 Å². The highest BCUT2D eigenvalue weighted by molar-refractivity contribution is 6.30. The Kier molecular flexibility index (Phi) is 3.22. The quantitative estimate of drug-likeness (QED) is 0.884. The molecule has 84 valence electrons. The van der Waals surface area contributed by atoms with Gasteiger partial charge in [0.15, 0.2) is 5.69 Å². The molecular weight excluding hydrogens is 241 g/mol. The van der Waals surface area contributed by atoms with Gasteiger partial charge in [0, 0.05) is 16.9 Å². The molecule has 0 fully saturated rings.